The highest BCUT2D eigenvalue weighted by molar-refractivity contribution is 6.35. The normalized spacial score (nSPS) is 10.5. The molecule has 128 valence electrons. The molecule has 7 heteroatoms. The van der Waals surface area contributed by atoms with Crippen molar-refractivity contribution in [3.05, 3.63) is 57.7 Å². The lowest BCUT2D eigenvalue weighted by Crippen LogP contribution is -2.34. The van der Waals surface area contributed by atoms with E-state index in [1.54, 1.807) is 30.5 Å². The second kappa shape index (κ2) is 8.76. The van der Waals surface area contributed by atoms with Gasteiger partial charge in [0.1, 0.15) is 0 Å². The molecule has 0 aliphatic heterocycles. The molecule has 0 unspecified atom stereocenters. The molecular weight excluding hydrogens is 349 g/mol. The number of rotatable bonds is 6. The van der Waals surface area contributed by atoms with Crippen LogP contribution < -0.4 is 15.4 Å². The van der Waals surface area contributed by atoms with Crippen molar-refractivity contribution in [2.75, 3.05) is 0 Å². The SMILES string of the molecule is CC(C)Oc1ncccc1CNC(=O)NCc1ccc(Cl)cc1Cl. The molecule has 0 saturated heterocycles. The van der Waals surface area contributed by atoms with E-state index >= 15 is 0 Å². The summed E-state index contributed by atoms with van der Waals surface area (Å²) in [5.74, 6) is 0.522. The first-order valence-corrected chi connectivity index (χ1v) is 8.27. The average Bonchev–Trinajstić information content (AvgIpc) is 2.52. The van der Waals surface area contributed by atoms with Crippen LogP contribution in [0.4, 0.5) is 4.79 Å². The Morgan fingerprint density at radius 1 is 1.17 bits per heavy atom. The Labute approximate surface area is 151 Å². The van der Waals surface area contributed by atoms with Gasteiger partial charge in [0.05, 0.1) is 6.10 Å². The fourth-order valence-corrected chi connectivity index (χ4v) is 2.44. The molecule has 0 atom stereocenters. The van der Waals surface area contributed by atoms with Gasteiger partial charge in [0.25, 0.3) is 0 Å². The molecule has 2 rings (SSSR count). The zero-order valence-electron chi connectivity index (χ0n) is 13.5. The Balaban J connectivity index is 1.87. The number of urea groups is 1. The molecule has 1 aromatic carbocycles. The quantitative estimate of drug-likeness (QED) is 0.804. The third-order valence-electron chi connectivity index (χ3n) is 3.09. The molecule has 2 aromatic rings. The zero-order valence-corrected chi connectivity index (χ0v) is 15.0. The van der Waals surface area contributed by atoms with Gasteiger partial charge in [0.2, 0.25) is 5.88 Å². The largest absolute Gasteiger partial charge is 0.475 e. The highest BCUT2D eigenvalue weighted by Gasteiger charge is 2.09. The Kier molecular flexibility index (Phi) is 6.70. The van der Waals surface area contributed by atoms with Gasteiger partial charge in [-0.3, -0.25) is 0 Å². The molecule has 5 nitrogen and oxygen atoms in total. The predicted octanol–water partition coefficient (Wildman–Crippen LogP) is 4.18. The minimum atomic E-state index is -0.305. The lowest BCUT2D eigenvalue weighted by Gasteiger charge is -2.13. The minimum absolute atomic E-state index is 0.0134. The second-order valence-electron chi connectivity index (χ2n) is 5.41. The molecule has 24 heavy (non-hydrogen) atoms. The lowest BCUT2D eigenvalue weighted by molar-refractivity contribution is 0.228. The number of nitrogens with zero attached hydrogens (tertiary/aromatic N) is 1. The second-order valence-corrected chi connectivity index (χ2v) is 6.25. The molecule has 2 amide bonds. The number of amides is 2. The van der Waals surface area contributed by atoms with Crippen molar-refractivity contribution in [2.24, 2.45) is 0 Å². The summed E-state index contributed by atoms with van der Waals surface area (Å²) in [6.07, 6.45) is 1.67. The van der Waals surface area contributed by atoms with E-state index in [1.807, 2.05) is 19.9 Å². The van der Waals surface area contributed by atoms with Gasteiger partial charge >= 0.3 is 6.03 Å². The minimum Gasteiger partial charge on any atom is -0.475 e. The van der Waals surface area contributed by atoms with Crippen LogP contribution in [0.3, 0.4) is 0 Å². The summed E-state index contributed by atoms with van der Waals surface area (Å²) in [6.45, 7) is 4.48. The van der Waals surface area contributed by atoms with Gasteiger partial charge in [-0.25, -0.2) is 9.78 Å². The van der Waals surface area contributed by atoms with Gasteiger partial charge in [-0.15, -0.1) is 0 Å². The fourth-order valence-electron chi connectivity index (χ4n) is 1.97. The number of nitrogens with one attached hydrogen (secondary N) is 2. The topological polar surface area (TPSA) is 63.2 Å². The smallest absolute Gasteiger partial charge is 0.315 e. The van der Waals surface area contributed by atoms with Crippen LogP contribution in [0.25, 0.3) is 0 Å². The maximum Gasteiger partial charge on any atom is 0.315 e. The van der Waals surface area contributed by atoms with Crippen LogP contribution in [0.5, 0.6) is 5.88 Å². The van der Waals surface area contributed by atoms with Gasteiger partial charge in [-0.05, 0) is 37.6 Å². The molecule has 0 fully saturated rings. The van der Waals surface area contributed by atoms with Crippen LogP contribution in [0.15, 0.2) is 36.5 Å². The number of hydrogen-bond acceptors (Lipinski definition) is 3. The van der Waals surface area contributed by atoms with Crippen LogP contribution in [0, 0.1) is 0 Å². The standard InChI is InChI=1S/C17H19Cl2N3O2/c1-11(2)24-16-13(4-3-7-20-16)10-22-17(23)21-9-12-5-6-14(18)8-15(12)19/h3-8,11H,9-10H2,1-2H3,(H2,21,22,23). The van der Waals surface area contributed by atoms with E-state index < -0.39 is 0 Å². The Morgan fingerprint density at radius 3 is 2.54 bits per heavy atom. The van der Waals surface area contributed by atoms with Crippen molar-refractivity contribution >= 4 is 29.2 Å². The first-order chi connectivity index (χ1) is 11.5. The zero-order chi connectivity index (χ0) is 17.5. The Hall–Kier alpha value is -1.98. The predicted molar refractivity (Wildman–Crippen MR) is 95.5 cm³/mol. The van der Waals surface area contributed by atoms with Crippen molar-refractivity contribution < 1.29 is 9.53 Å². The maximum absolute atomic E-state index is 11.9. The monoisotopic (exact) mass is 367 g/mol. The number of hydrogen-bond donors (Lipinski definition) is 2. The molecule has 1 heterocycles. The number of halogens is 2. The summed E-state index contributed by atoms with van der Waals surface area (Å²) in [6, 6.07) is 8.51. The van der Waals surface area contributed by atoms with Gasteiger partial charge < -0.3 is 15.4 Å². The van der Waals surface area contributed by atoms with E-state index in [1.165, 1.54) is 0 Å². The van der Waals surface area contributed by atoms with E-state index in [0.717, 1.165) is 11.1 Å². The van der Waals surface area contributed by atoms with Crippen LogP contribution in [-0.2, 0) is 13.1 Å². The summed E-state index contributed by atoms with van der Waals surface area (Å²) in [4.78, 5) is 16.1. The molecule has 2 N–H and O–H groups in total. The van der Waals surface area contributed by atoms with Crippen molar-refractivity contribution in [3.8, 4) is 5.88 Å². The molecule has 0 aliphatic carbocycles. The van der Waals surface area contributed by atoms with Crippen molar-refractivity contribution in [3.63, 3.8) is 0 Å². The fraction of sp³-hybridized carbons (Fsp3) is 0.294. The summed E-state index contributed by atoms with van der Waals surface area (Å²) in [5, 5.41) is 6.60. The number of carbonyl (C=O) groups is 1. The van der Waals surface area contributed by atoms with E-state index in [9.17, 15) is 4.79 Å². The average molecular weight is 368 g/mol. The first-order valence-electron chi connectivity index (χ1n) is 7.52. The van der Waals surface area contributed by atoms with E-state index in [-0.39, 0.29) is 12.1 Å². The van der Waals surface area contributed by atoms with E-state index in [2.05, 4.69) is 15.6 Å². The van der Waals surface area contributed by atoms with Gasteiger partial charge in [-0.1, -0.05) is 35.3 Å². The highest BCUT2D eigenvalue weighted by atomic mass is 35.5. The third kappa shape index (κ3) is 5.58. The Bertz CT molecular complexity index is 708. The van der Waals surface area contributed by atoms with Crippen molar-refractivity contribution in [1.82, 2.24) is 15.6 Å². The van der Waals surface area contributed by atoms with Crippen LogP contribution in [0.2, 0.25) is 10.0 Å². The van der Waals surface area contributed by atoms with Gasteiger partial charge in [-0.2, -0.15) is 0 Å². The summed E-state index contributed by atoms with van der Waals surface area (Å²) >= 11 is 11.9. The van der Waals surface area contributed by atoms with Gasteiger partial charge in [0.15, 0.2) is 0 Å². The van der Waals surface area contributed by atoms with E-state index in [4.69, 9.17) is 27.9 Å². The Morgan fingerprint density at radius 2 is 1.88 bits per heavy atom. The van der Waals surface area contributed by atoms with Gasteiger partial charge in [0, 0.05) is 34.9 Å². The van der Waals surface area contributed by atoms with Crippen LogP contribution in [0.1, 0.15) is 25.0 Å². The summed E-state index contributed by atoms with van der Waals surface area (Å²) in [5.41, 5.74) is 1.60. The first kappa shape index (κ1) is 18.4. The van der Waals surface area contributed by atoms with Crippen molar-refractivity contribution in [2.45, 2.75) is 33.0 Å². The number of benzene rings is 1. The summed E-state index contributed by atoms with van der Waals surface area (Å²) < 4.78 is 5.62. The van der Waals surface area contributed by atoms with Crippen molar-refractivity contribution in [1.29, 1.82) is 0 Å². The maximum atomic E-state index is 11.9. The number of carbonyl (C=O) groups excluding carboxylic acids is 1. The molecular formula is C17H19Cl2N3O2. The highest BCUT2D eigenvalue weighted by Crippen LogP contribution is 2.20. The molecule has 0 saturated carbocycles. The molecule has 0 bridgehead atoms. The molecule has 0 radical (unpaired) electrons. The van der Waals surface area contributed by atoms with E-state index in [0.29, 0.717) is 29.0 Å². The molecule has 0 spiro atoms. The van der Waals surface area contributed by atoms with Crippen LogP contribution >= 0.6 is 23.2 Å². The molecule has 1 aromatic heterocycles. The van der Waals surface area contributed by atoms with Crippen LogP contribution in [-0.4, -0.2) is 17.1 Å². The number of aromatic nitrogens is 1. The number of pyridine rings is 1. The number of ether oxygens (including phenoxy) is 1. The summed E-state index contributed by atoms with van der Waals surface area (Å²) in [7, 11) is 0. The molecule has 0 aliphatic rings. The lowest BCUT2D eigenvalue weighted by atomic mass is 10.2. The third-order valence-corrected chi connectivity index (χ3v) is 3.68.